The molecule has 162 valence electrons. The number of benzene rings is 2. The summed E-state index contributed by atoms with van der Waals surface area (Å²) >= 11 is 0. The molecule has 10 heteroatoms. The van der Waals surface area contributed by atoms with E-state index in [4.69, 9.17) is 11.5 Å². The Morgan fingerprint density at radius 2 is 1.75 bits per heavy atom. The minimum atomic E-state index is -3.79. The van der Waals surface area contributed by atoms with Gasteiger partial charge in [0, 0.05) is 17.8 Å². The number of fused-ring (bicyclic) bond motifs is 1. The quantitative estimate of drug-likeness (QED) is 0.423. The van der Waals surface area contributed by atoms with Gasteiger partial charge in [0.25, 0.3) is 5.56 Å². The summed E-state index contributed by atoms with van der Waals surface area (Å²) in [5.74, 6) is -0.00121. The second-order valence-corrected chi connectivity index (χ2v) is 9.36. The zero-order chi connectivity index (χ0) is 22.5. The first-order chi connectivity index (χ1) is 15.3. The highest BCUT2D eigenvalue weighted by atomic mass is 32.2. The molecule has 5 N–H and O–H groups in total. The summed E-state index contributed by atoms with van der Waals surface area (Å²) in [6.07, 6.45) is 3.09. The van der Waals surface area contributed by atoms with Crippen LogP contribution >= 0.6 is 0 Å². The van der Waals surface area contributed by atoms with Crippen molar-refractivity contribution in [1.82, 2.24) is 19.3 Å². The Labute approximate surface area is 183 Å². The Hall–Kier alpha value is -3.76. The number of hydrogen-bond donors (Lipinski definition) is 3. The van der Waals surface area contributed by atoms with Crippen molar-refractivity contribution in [3.8, 4) is 16.8 Å². The maximum atomic E-state index is 13.2. The Kier molecular flexibility index (Phi) is 4.68. The van der Waals surface area contributed by atoms with E-state index in [1.54, 1.807) is 42.5 Å². The van der Waals surface area contributed by atoms with Crippen molar-refractivity contribution in [2.45, 2.75) is 23.8 Å². The van der Waals surface area contributed by atoms with Gasteiger partial charge in [0.15, 0.2) is 0 Å². The van der Waals surface area contributed by atoms with Crippen LogP contribution in [0.5, 0.6) is 0 Å². The van der Waals surface area contributed by atoms with Gasteiger partial charge in [-0.3, -0.25) is 4.79 Å². The van der Waals surface area contributed by atoms with Crippen LogP contribution in [0.15, 0.2) is 70.5 Å². The molecule has 0 unspecified atom stereocenters. The molecule has 1 aliphatic carbocycles. The van der Waals surface area contributed by atoms with Gasteiger partial charge >= 0.3 is 0 Å². The summed E-state index contributed by atoms with van der Waals surface area (Å²) in [7, 11) is -3.79. The molecule has 0 spiro atoms. The number of sulfonamides is 1. The van der Waals surface area contributed by atoms with E-state index in [-0.39, 0.29) is 28.3 Å². The smallest absolute Gasteiger partial charge is 0.267 e. The van der Waals surface area contributed by atoms with E-state index in [1.807, 2.05) is 6.07 Å². The zero-order valence-corrected chi connectivity index (χ0v) is 17.7. The van der Waals surface area contributed by atoms with Gasteiger partial charge in [-0.2, -0.15) is 0 Å². The number of anilines is 2. The lowest BCUT2D eigenvalue weighted by Gasteiger charge is -2.12. The molecule has 2 aromatic heterocycles. The summed E-state index contributed by atoms with van der Waals surface area (Å²) in [6, 6.07) is 15.5. The first kappa shape index (κ1) is 20.2. The predicted molar refractivity (Wildman–Crippen MR) is 123 cm³/mol. The first-order valence-corrected chi connectivity index (χ1v) is 11.5. The van der Waals surface area contributed by atoms with Crippen LogP contribution in [0.4, 0.5) is 11.8 Å². The lowest BCUT2D eigenvalue weighted by molar-refractivity contribution is 0.581. The first-order valence-electron chi connectivity index (χ1n) is 9.99. The van der Waals surface area contributed by atoms with E-state index in [9.17, 15) is 13.2 Å². The maximum absolute atomic E-state index is 13.2. The van der Waals surface area contributed by atoms with Gasteiger partial charge in [0.05, 0.1) is 16.6 Å². The summed E-state index contributed by atoms with van der Waals surface area (Å²) in [6.45, 7) is 0. The van der Waals surface area contributed by atoms with Gasteiger partial charge in [0.2, 0.25) is 16.0 Å². The number of pyridine rings is 1. The molecule has 0 saturated heterocycles. The molecule has 2 heterocycles. The monoisotopic (exact) mass is 448 g/mol. The summed E-state index contributed by atoms with van der Waals surface area (Å²) in [5.41, 5.74) is 13.7. The van der Waals surface area contributed by atoms with Crippen molar-refractivity contribution in [1.29, 1.82) is 0 Å². The zero-order valence-electron chi connectivity index (χ0n) is 16.9. The minimum absolute atomic E-state index is 0.0586. The number of aromatic nitrogens is 3. The minimum Gasteiger partial charge on any atom is -0.383 e. The highest BCUT2D eigenvalue weighted by molar-refractivity contribution is 7.89. The van der Waals surface area contributed by atoms with E-state index in [0.29, 0.717) is 27.7 Å². The Bertz CT molecular complexity index is 1510. The molecule has 1 fully saturated rings. The average Bonchev–Trinajstić information content (AvgIpc) is 3.58. The molecule has 9 nitrogen and oxygen atoms in total. The third-order valence-corrected chi connectivity index (χ3v) is 6.86. The second kappa shape index (κ2) is 7.43. The number of hydrogen-bond acceptors (Lipinski definition) is 7. The van der Waals surface area contributed by atoms with Crippen LogP contribution in [0.25, 0.3) is 27.7 Å². The second-order valence-electron chi connectivity index (χ2n) is 7.68. The van der Waals surface area contributed by atoms with Crippen molar-refractivity contribution in [3.63, 3.8) is 0 Å². The number of nitrogen functional groups attached to an aromatic ring is 2. The third kappa shape index (κ3) is 3.59. The molecule has 4 aromatic rings. The van der Waals surface area contributed by atoms with Gasteiger partial charge < -0.3 is 11.5 Å². The van der Waals surface area contributed by atoms with E-state index in [2.05, 4.69) is 14.7 Å². The van der Waals surface area contributed by atoms with Gasteiger partial charge in [-0.25, -0.2) is 27.7 Å². The number of nitrogens with two attached hydrogens (primary N) is 2. The number of rotatable bonds is 5. The number of nitrogens with one attached hydrogen (secondary N) is 1. The van der Waals surface area contributed by atoms with Crippen molar-refractivity contribution in [3.05, 3.63) is 71.1 Å². The van der Waals surface area contributed by atoms with E-state index in [0.717, 1.165) is 12.8 Å². The van der Waals surface area contributed by atoms with Crippen LogP contribution in [0, 0.1) is 0 Å². The van der Waals surface area contributed by atoms with Crippen LogP contribution in [0.3, 0.4) is 0 Å². The third-order valence-electron chi connectivity index (χ3n) is 5.31. The topological polar surface area (TPSA) is 146 Å². The highest BCUT2D eigenvalue weighted by Gasteiger charge is 2.29. The SMILES string of the molecule is Nc1ncc(-c2ccc3nc(N)n(-c4ccccc4)c(=O)c3c2)cc1S(=O)(=O)NC1CC1. The molecule has 2 aromatic carbocycles. The van der Waals surface area contributed by atoms with Crippen molar-refractivity contribution < 1.29 is 8.42 Å². The van der Waals surface area contributed by atoms with Crippen molar-refractivity contribution in [2.75, 3.05) is 11.5 Å². The fourth-order valence-corrected chi connectivity index (χ4v) is 4.93. The van der Waals surface area contributed by atoms with Crippen LogP contribution in [0.2, 0.25) is 0 Å². The van der Waals surface area contributed by atoms with Gasteiger partial charge in [-0.1, -0.05) is 24.3 Å². The molecule has 0 bridgehead atoms. The molecular weight excluding hydrogens is 428 g/mol. The number of para-hydroxylation sites is 1. The molecular formula is C22H20N6O3S. The standard InChI is InChI=1S/C22H20N6O3S/c23-20-19(32(30,31)27-15-7-8-15)11-14(12-25-20)13-6-9-18-17(10-13)21(29)28(22(24)26-18)16-4-2-1-3-5-16/h1-6,9-12,15,27H,7-8H2,(H2,23,25)(H2,24,26). The van der Waals surface area contributed by atoms with Crippen LogP contribution in [-0.4, -0.2) is 29.0 Å². The van der Waals surface area contributed by atoms with Crippen LogP contribution < -0.4 is 21.7 Å². The van der Waals surface area contributed by atoms with Crippen molar-refractivity contribution in [2.24, 2.45) is 0 Å². The average molecular weight is 449 g/mol. The molecule has 0 radical (unpaired) electrons. The van der Waals surface area contributed by atoms with Crippen LogP contribution in [-0.2, 0) is 10.0 Å². The van der Waals surface area contributed by atoms with E-state index in [1.165, 1.54) is 16.8 Å². The Morgan fingerprint density at radius 1 is 1.00 bits per heavy atom. The lowest BCUT2D eigenvalue weighted by Crippen LogP contribution is -2.26. The van der Waals surface area contributed by atoms with E-state index < -0.39 is 10.0 Å². The molecule has 5 rings (SSSR count). The molecule has 0 atom stereocenters. The van der Waals surface area contributed by atoms with E-state index >= 15 is 0 Å². The summed E-state index contributed by atoms with van der Waals surface area (Å²) in [5, 5.41) is 0.345. The molecule has 0 amide bonds. The number of nitrogens with zero attached hydrogens (tertiary/aromatic N) is 3. The normalized spacial score (nSPS) is 14.0. The summed E-state index contributed by atoms with van der Waals surface area (Å²) < 4.78 is 29.3. The fraction of sp³-hybridized carbons (Fsp3) is 0.136. The molecule has 1 aliphatic rings. The van der Waals surface area contributed by atoms with Gasteiger partial charge in [0.1, 0.15) is 10.7 Å². The lowest BCUT2D eigenvalue weighted by atomic mass is 10.1. The van der Waals surface area contributed by atoms with Crippen molar-refractivity contribution >= 4 is 32.7 Å². The molecule has 0 aliphatic heterocycles. The fourth-order valence-electron chi connectivity index (χ4n) is 3.52. The predicted octanol–water partition coefficient (Wildman–Crippen LogP) is 2.05. The molecule has 32 heavy (non-hydrogen) atoms. The van der Waals surface area contributed by atoms with Gasteiger partial charge in [-0.05, 0) is 48.7 Å². The maximum Gasteiger partial charge on any atom is 0.267 e. The largest absolute Gasteiger partial charge is 0.383 e. The Morgan fingerprint density at radius 3 is 2.47 bits per heavy atom. The summed E-state index contributed by atoms with van der Waals surface area (Å²) in [4.78, 5) is 21.6. The molecule has 1 saturated carbocycles. The Balaban J connectivity index is 1.64. The highest BCUT2D eigenvalue weighted by Crippen LogP contribution is 2.29. The van der Waals surface area contributed by atoms with Crippen LogP contribution in [0.1, 0.15) is 12.8 Å². The van der Waals surface area contributed by atoms with Gasteiger partial charge in [-0.15, -0.1) is 0 Å².